The zero-order chi connectivity index (χ0) is 38.6. The van der Waals surface area contributed by atoms with E-state index < -0.39 is 0 Å². The van der Waals surface area contributed by atoms with Crippen LogP contribution in [0.5, 0.6) is 0 Å². The molecule has 13 rings (SSSR count). The lowest BCUT2D eigenvalue weighted by Gasteiger charge is -2.19. The van der Waals surface area contributed by atoms with E-state index >= 15 is 0 Å². The van der Waals surface area contributed by atoms with Gasteiger partial charge in [0.15, 0.2) is 0 Å². The fraction of sp³-hybridized carbons (Fsp3) is 0. The SMILES string of the molecule is c1ccc2c(-c3c4ccccc4c(-c4ccc(-c5ccc6c(c5)c5ccccc5c5c6oc6c7ccccc7c7ccccc7c65)cc4)c4ccccc34)cccc2c1. The maximum absolute atomic E-state index is 7.03. The smallest absolute Gasteiger partial charge is 0.143 e. The third-order valence-electron chi connectivity index (χ3n) is 12.8. The number of benzene rings is 12. The van der Waals surface area contributed by atoms with Gasteiger partial charge in [-0.05, 0) is 110 Å². The fourth-order valence-corrected chi connectivity index (χ4v) is 10.3. The molecule has 0 spiro atoms. The lowest BCUT2D eigenvalue weighted by atomic mass is 9.84. The monoisotopic (exact) mass is 746 g/mol. The molecule has 1 aromatic heterocycles. The highest BCUT2D eigenvalue weighted by molar-refractivity contribution is 6.38. The molecule has 1 heteroatoms. The Kier molecular flexibility index (Phi) is 6.79. The van der Waals surface area contributed by atoms with Gasteiger partial charge in [-0.3, -0.25) is 0 Å². The average Bonchev–Trinajstić information content (AvgIpc) is 3.73. The van der Waals surface area contributed by atoms with Crippen LogP contribution in [0.25, 0.3) is 131 Å². The minimum atomic E-state index is 0.947. The van der Waals surface area contributed by atoms with Gasteiger partial charge in [0.05, 0.1) is 0 Å². The summed E-state index contributed by atoms with van der Waals surface area (Å²) in [6, 6.07) is 75.6. The molecule has 0 aliphatic heterocycles. The Hall–Kier alpha value is -7.74. The fourth-order valence-electron chi connectivity index (χ4n) is 10.3. The van der Waals surface area contributed by atoms with Crippen molar-refractivity contribution in [1.82, 2.24) is 0 Å². The Morgan fingerprint density at radius 2 is 0.644 bits per heavy atom. The largest absolute Gasteiger partial charge is 0.455 e. The van der Waals surface area contributed by atoms with Crippen molar-refractivity contribution < 1.29 is 4.42 Å². The van der Waals surface area contributed by atoms with Crippen LogP contribution >= 0.6 is 0 Å². The maximum atomic E-state index is 7.03. The van der Waals surface area contributed by atoms with E-state index in [2.05, 4.69) is 206 Å². The third kappa shape index (κ3) is 4.62. The van der Waals surface area contributed by atoms with Crippen molar-refractivity contribution in [2.75, 3.05) is 0 Å². The molecule has 12 aromatic carbocycles. The van der Waals surface area contributed by atoms with Gasteiger partial charge in [-0.15, -0.1) is 0 Å². The molecule has 0 fully saturated rings. The Labute approximate surface area is 340 Å². The molecule has 0 amide bonds. The van der Waals surface area contributed by atoms with E-state index in [9.17, 15) is 0 Å². The Bertz CT molecular complexity index is 3820. The number of hydrogen-bond acceptors (Lipinski definition) is 1. The summed E-state index contributed by atoms with van der Waals surface area (Å²) in [4.78, 5) is 0. The molecule has 1 nitrogen and oxygen atoms in total. The van der Waals surface area contributed by atoms with Crippen molar-refractivity contribution in [3.8, 4) is 33.4 Å². The van der Waals surface area contributed by atoms with E-state index in [1.165, 1.54) is 109 Å². The van der Waals surface area contributed by atoms with Gasteiger partial charge in [0.25, 0.3) is 0 Å². The van der Waals surface area contributed by atoms with Crippen LogP contribution in [-0.2, 0) is 0 Å². The minimum Gasteiger partial charge on any atom is -0.455 e. The van der Waals surface area contributed by atoms with Gasteiger partial charge in [-0.1, -0.05) is 194 Å². The first-order valence-corrected chi connectivity index (χ1v) is 20.4. The van der Waals surface area contributed by atoms with Crippen LogP contribution in [0.3, 0.4) is 0 Å². The first kappa shape index (κ1) is 32.4. The van der Waals surface area contributed by atoms with Crippen molar-refractivity contribution in [1.29, 1.82) is 0 Å². The van der Waals surface area contributed by atoms with Crippen LogP contribution in [0.15, 0.2) is 211 Å². The second-order valence-electron chi connectivity index (χ2n) is 15.9. The van der Waals surface area contributed by atoms with Crippen LogP contribution in [0, 0.1) is 0 Å². The second-order valence-corrected chi connectivity index (χ2v) is 15.9. The van der Waals surface area contributed by atoms with Crippen LogP contribution in [0.2, 0.25) is 0 Å². The standard InChI is InChI=1S/C58H34O/c1-2-16-39-36(14-1)15-13-27-43(39)54-48-24-10-8-22-46(48)53(47-23-9-11-25-49(47)54)37-30-28-35(29-31-37)38-32-33-51-52(34-38)42-19-4-7-21-45(42)56-55-44-20-6-3-17-40(44)41-18-5-12-26-50(41)57(55)59-58(51)56/h1-34H. The molecule has 0 saturated carbocycles. The summed E-state index contributed by atoms with van der Waals surface area (Å²) in [7, 11) is 0. The summed E-state index contributed by atoms with van der Waals surface area (Å²) in [5.74, 6) is 0. The van der Waals surface area contributed by atoms with Crippen LogP contribution in [0.4, 0.5) is 0 Å². The van der Waals surface area contributed by atoms with E-state index in [1.54, 1.807) is 0 Å². The number of furan rings is 1. The van der Waals surface area contributed by atoms with Crippen molar-refractivity contribution in [3.63, 3.8) is 0 Å². The van der Waals surface area contributed by atoms with E-state index in [1.807, 2.05) is 0 Å². The van der Waals surface area contributed by atoms with Crippen LogP contribution in [0.1, 0.15) is 0 Å². The topological polar surface area (TPSA) is 13.1 Å². The predicted octanol–water partition coefficient (Wildman–Crippen LogP) is 16.7. The summed E-state index contributed by atoms with van der Waals surface area (Å²) < 4.78 is 7.03. The Morgan fingerprint density at radius 3 is 1.25 bits per heavy atom. The average molecular weight is 747 g/mol. The van der Waals surface area contributed by atoms with Crippen molar-refractivity contribution >= 4 is 97.3 Å². The molecule has 0 unspecified atom stereocenters. The molecule has 13 aromatic rings. The normalized spacial score (nSPS) is 12.1. The van der Waals surface area contributed by atoms with Crippen LogP contribution in [-0.4, -0.2) is 0 Å². The van der Waals surface area contributed by atoms with Crippen molar-refractivity contribution in [2.45, 2.75) is 0 Å². The van der Waals surface area contributed by atoms with E-state index in [0.717, 1.165) is 21.9 Å². The molecule has 59 heavy (non-hydrogen) atoms. The molecular weight excluding hydrogens is 713 g/mol. The first-order valence-electron chi connectivity index (χ1n) is 20.4. The minimum absolute atomic E-state index is 0.947. The van der Waals surface area contributed by atoms with Crippen molar-refractivity contribution in [3.05, 3.63) is 206 Å². The van der Waals surface area contributed by atoms with E-state index in [-0.39, 0.29) is 0 Å². The summed E-state index contributed by atoms with van der Waals surface area (Å²) in [6.07, 6.45) is 0. The zero-order valence-corrected chi connectivity index (χ0v) is 32.0. The molecule has 0 radical (unpaired) electrons. The molecule has 1 heterocycles. The molecule has 0 atom stereocenters. The van der Waals surface area contributed by atoms with Gasteiger partial charge in [0.1, 0.15) is 11.2 Å². The summed E-state index contributed by atoms with van der Waals surface area (Å²) in [5, 5.41) is 19.6. The zero-order valence-electron chi connectivity index (χ0n) is 32.0. The Balaban J connectivity index is 1.00. The van der Waals surface area contributed by atoms with Gasteiger partial charge in [0, 0.05) is 21.5 Å². The van der Waals surface area contributed by atoms with Crippen LogP contribution < -0.4 is 0 Å². The predicted molar refractivity (Wildman–Crippen MR) is 253 cm³/mol. The molecule has 0 aliphatic rings. The summed E-state index contributed by atoms with van der Waals surface area (Å²) >= 11 is 0. The van der Waals surface area contributed by atoms with E-state index in [4.69, 9.17) is 4.42 Å². The van der Waals surface area contributed by atoms with Crippen molar-refractivity contribution in [2.24, 2.45) is 0 Å². The molecule has 0 N–H and O–H groups in total. The molecule has 272 valence electrons. The van der Waals surface area contributed by atoms with Gasteiger partial charge in [-0.25, -0.2) is 0 Å². The second kappa shape index (κ2) is 12.4. The molecule has 0 bridgehead atoms. The summed E-state index contributed by atoms with van der Waals surface area (Å²) in [6.45, 7) is 0. The van der Waals surface area contributed by atoms with Gasteiger partial charge < -0.3 is 4.42 Å². The Morgan fingerprint density at radius 1 is 0.237 bits per heavy atom. The first-order chi connectivity index (χ1) is 29.3. The third-order valence-corrected chi connectivity index (χ3v) is 12.8. The summed E-state index contributed by atoms with van der Waals surface area (Å²) in [5.41, 5.74) is 9.30. The lowest BCUT2D eigenvalue weighted by Crippen LogP contribution is -1.91. The molecule has 0 saturated heterocycles. The highest BCUT2D eigenvalue weighted by Crippen LogP contribution is 2.48. The van der Waals surface area contributed by atoms with Gasteiger partial charge in [0.2, 0.25) is 0 Å². The molecular formula is C58H34O. The number of hydrogen-bond donors (Lipinski definition) is 0. The van der Waals surface area contributed by atoms with Gasteiger partial charge in [-0.2, -0.15) is 0 Å². The molecule has 0 aliphatic carbocycles. The highest BCUT2D eigenvalue weighted by Gasteiger charge is 2.22. The lowest BCUT2D eigenvalue weighted by molar-refractivity contribution is 0.677. The number of fused-ring (bicyclic) bond motifs is 16. The maximum Gasteiger partial charge on any atom is 0.143 e. The number of rotatable bonds is 3. The quantitative estimate of drug-likeness (QED) is 0.130. The highest BCUT2D eigenvalue weighted by atomic mass is 16.3. The van der Waals surface area contributed by atoms with Gasteiger partial charge >= 0.3 is 0 Å². The van der Waals surface area contributed by atoms with E-state index in [0.29, 0.717) is 0 Å².